The van der Waals surface area contributed by atoms with E-state index in [9.17, 15) is 23.2 Å². The summed E-state index contributed by atoms with van der Waals surface area (Å²) < 4.78 is 45.9. The number of carbonyl (C=O) groups excluding carboxylic acids is 3. The van der Waals surface area contributed by atoms with Gasteiger partial charge in [-0.15, -0.1) is 0 Å². The van der Waals surface area contributed by atoms with Gasteiger partial charge in [-0.1, -0.05) is 0 Å². The molecule has 0 radical (unpaired) electrons. The van der Waals surface area contributed by atoms with Crippen LogP contribution >= 0.6 is 0 Å². The minimum Gasteiger partial charge on any atom is -0.444 e. The predicted octanol–water partition coefficient (Wildman–Crippen LogP) is 6.85. The van der Waals surface area contributed by atoms with Crippen molar-refractivity contribution in [3.63, 3.8) is 0 Å². The molecule has 1 saturated heterocycles. The third-order valence-electron chi connectivity index (χ3n) is 7.46. The summed E-state index contributed by atoms with van der Waals surface area (Å²) in [4.78, 5) is 50.2. The number of oxazole rings is 1. The van der Waals surface area contributed by atoms with Crippen molar-refractivity contribution in [2.75, 3.05) is 29.9 Å². The number of carbonyl (C=O) groups is 3. The van der Waals surface area contributed by atoms with Gasteiger partial charge < -0.3 is 24.1 Å². The van der Waals surface area contributed by atoms with Gasteiger partial charge in [0.25, 0.3) is 12.3 Å². The Bertz CT molecular complexity index is 1600. The zero-order chi connectivity index (χ0) is 34.1. The van der Waals surface area contributed by atoms with Crippen molar-refractivity contribution >= 4 is 29.6 Å². The summed E-state index contributed by atoms with van der Waals surface area (Å²) in [6.45, 7) is 11.9. The van der Waals surface area contributed by atoms with Crippen molar-refractivity contribution in [2.45, 2.75) is 90.9 Å². The first-order chi connectivity index (χ1) is 22.1. The average molecular weight is 658 g/mol. The Hall–Kier alpha value is -4.56. The second kappa shape index (κ2) is 13.3. The van der Waals surface area contributed by atoms with Crippen molar-refractivity contribution in [1.29, 1.82) is 0 Å². The highest BCUT2D eigenvalue weighted by molar-refractivity contribution is 6.03. The summed E-state index contributed by atoms with van der Waals surface area (Å²) >= 11 is 0. The molecule has 1 aliphatic carbocycles. The lowest BCUT2D eigenvalue weighted by Crippen LogP contribution is -2.42. The minimum atomic E-state index is -2.94. The fraction of sp³-hybridized carbons (Fsp3) is 0.562. The molecule has 1 N–H and O–H groups in total. The number of ether oxygens (including phenoxy) is 2. The van der Waals surface area contributed by atoms with Crippen LogP contribution in [0.4, 0.5) is 29.9 Å². The Labute approximate surface area is 271 Å². The van der Waals surface area contributed by atoms with Gasteiger partial charge in [0.15, 0.2) is 11.4 Å². The molecule has 0 bridgehead atoms. The van der Waals surface area contributed by atoms with E-state index in [-0.39, 0.29) is 23.3 Å². The van der Waals surface area contributed by atoms with Crippen molar-refractivity contribution in [1.82, 2.24) is 24.6 Å². The van der Waals surface area contributed by atoms with Crippen LogP contribution in [0.1, 0.15) is 95.9 Å². The molecule has 2 aliphatic rings. The second-order valence-corrected chi connectivity index (χ2v) is 13.8. The standard InChI is InChI=1S/C32H41F2N7O6/c1-31(2,3)46-29(43)39-13-10-21(11-14-39)41-17-22(25(38-41)26(33)34)36-27(42)23-18-45-28(37-23)20-9-12-35-24(15-20)40(16-19-7-8-19)30(44)47-32(4,5)6/h9,12,15,17-19,21,26H,7-8,10-11,13-14,16H2,1-6H3,(H,36,42). The lowest BCUT2D eigenvalue weighted by atomic mass is 10.1. The highest BCUT2D eigenvalue weighted by atomic mass is 19.3. The number of nitrogens with one attached hydrogen (secondary N) is 1. The molecular formula is C32H41F2N7O6. The molecule has 0 unspecified atom stereocenters. The Balaban J connectivity index is 1.27. The SMILES string of the molecule is CC(C)(C)OC(=O)N1CCC(n2cc(NC(=O)c3coc(-c4ccnc(N(CC5CC5)C(=O)OC(C)(C)C)c4)n3)c(C(F)F)n2)CC1. The Morgan fingerprint density at radius 2 is 1.74 bits per heavy atom. The number of alkyl halides is 2. The molecule has 5 rings (SSSR count). The van der Waals surface area contributed by atoms with E-state index in [1.54, 1.807) is 58.6 Å². The molecule has 15 heteroatoms. The fourth-order valence-electron chi connectivity index (χ4n) is 5.02. The van der Waals surface area contributed by atoms with Gasteiger partial charge in [-0.2, -0.15) is 5.10 Å². The van der Waals surface area contributed by atoms with Crippen molar-refractivity contribution in [3.8, 4) is 11.5 Å². The molecule has 0 atom stereocenters. The number of aromatic nitrogens is 4. The van der Waals surface area contributed by atoms with E-state index in [1.807, 2.05) is 0 Å². The summed E-state index contributed by atoms with van der Waals surface area (Å²) in [5.74, 6) is 0.0202. The van der Waals surface area contributed by atoms with Crippen LogP contribution in [0.2, 0.25) is 0 Å². The number of hydrogen-bond donors (Lipinski definition) is 1. The third kappa shape index (κ3) is 8.83. The zero-order valence-electron chi connectivity index (χ0n) is 27.5. The van der Waals surface area contributed by atoms with Gasteiger partial charge in [-0.05, 0) is 85.3 Å². The van der Waals surface area contributed by atoms with Crippen LogP contribution < -0.4 is 10.2 Å². The van der Waals surface area contributed by atoms with Crippen LogP contribution in [0.5, 0.6) is 0 Å². The predicted molar refractivity (Wildman–Crippen MR) is 167 cm³/mol. The van der Waals surface area contributed by atoms with Gasteiger partial charge in [0.05, 0.1) is 11.7 Å². The van der Waals surface area contributed by atoms with E-state index in [2.05, 4.69) is 20.4 Å². The van der Waals surface area contributed by atoms with Crippen molar-refractivity contribution in [3.05, 3.63) is 42.2 Å². The maximum atomic E-state index is 14.0. The highest BCUT2D eigenvalue weighted by Gasteiger charge is 2.32. The topological polar surface area (TPSA) is 145 Å². The molecular weight excluding hydrogens is 616 g/mol. The minimum absolute atomic E-state index is 0.0795. The van der Waals surface area contributed by atoms with Gasteiger partial charge in [0.2, 0.25) is 5.89 Å². The number of rotatable bonds is 8. The Morgan fingerprint density at radius 1 is 1.06 bits per heavy atom. The first kappa shape index (κ1) is 33.8. The van der Waals surface area contributed by atoms with E-state index >= 15 is 0 Å². The van der Waals surface area contributed by atoms with Crippen LogP contribution in [0, 0.1) is 5.92 Å². The monoisotopic (exact) mass is 657 g/mol. The molecule has 47 heavy (non-hydrogen) atoms. The number of pyridine rings is 1. The summed E-state index contributed by atoms with van der Waals surface area (Å²) in [5.41, 5.74) is -1.73. The quantitative estimate of drug-likeness (QED) is 0.275. The van der Waals surface area contributed by atoms with Crippen LogP contribution in [0.15, 0.2) is 35.2 Å². The number of hydrogen-bond acceptors (Lipinski definition) is 9. The Morgan fingerprint density at radius 3 is 2.36 bits per heavy atom. The molecule has 3 aromatic rings. The number of amides is 3. The lowest BCUT2D eigenvalue weighted by molar-refractivity contribution is 0.0184. The molecule has 254 valence electrons. The smallest absolute Gasteiger partial charge is 0.416 e. The van der Waals surface area contributed by atoms with Gasteiger partial charge in [0, 0.05) is 37.6 Å². The number of anilines is 2. The van der Waals surface area contributed by atoms with E-state index in [0.717, 1.165) is 19.1 Å². The summed E-state index contributed by atoms with van der Waals surface area (Å²) in [5, 5.41) is 6.56. The molecule has 3 amide bonds. The average Bonchev–Trinajstić information content (AvgIpc) is 3.49. The lowest BCUT2D eigenvalue weighted by Gasteiger charge is -2.33. The largest absolute Gasteiger partial charge is 0.444 e. The number of nitrogens with zero attached hydrogens (tertiary/aromatic N) is 6. The van der Waals surface area contributed by atoms with E-state index in [4.69, 9.17) is 13.9 Å². The molecule has 1 saturated carbocycles. The molecule has 0 aromatic carbocycles. The molecule has 1 aliphatic heterocycles. The highest BCUT2D eigenvalue weighted by Crippen LogP contribution is 2.34. The summed E-state index contributed by atoms with van der Waals surface area (Å²) in [6.07, 6.45) is 3.08. The van der Waals surface area contributed by atoms with Crippen molar-refractivity contribution < 1.29 is 37.1 Å². The first-order valence-corrected chi connectivity index (χ1v) is 15.7. The van der Waals surface area contributed by atoms with E-state index < -0.39 is 41.4 Å². The normalized spacial score (nSPS) is 15.9. The van der Waals surface area contributed by atoms with E-state index in [1.165, 1.54) is 22.0 Å². The molecule has 4 heterocycles. The molecule has 2 fully saturated rings. The molecule has 0 spiro atoms. The number of piperidine rings is 1. The van der Waals surface area contributed by atoms with Crippen molar-refractivity contribution in [2.24, 2.45) is 5.92 Å². The maximum Gasteiger partial charge on any atom is 0.416 e. The van der Waals surface area contributed by atoms with Crippen LogP contribution in [0.3, 0.4) is 0 Å². The van der Waals surface area contributed by atoms with Crippen LogP contribution in [-0.4, -0.2) is 73.6 Å². The second-order valence-electron chi connectivity index (χ2n) is 13.8. The number of likely N-dealkylation sites (tertiary alicyclic amines) is 1. The third-order valence-corrected chi connectivity index (χ3v) is 7.46. The molecule has 13 nitrogen and oxygen atoms in total. The first-order valence-electron chi connectivity index (χ1n) is 15.7. The van der Waals surface area contributed by atoms with E-state index in [0.29, 0.717) is 49.8 Å². The maximum absolute atomic E-state index is 14.0. The van der Waals surface area contributed by atoms with Crippen LogP contribution in [0.25, 0.3) is 11.5 Å². The van der Waals surface area contributed by atoms with Gasteiger partial charge in [-0.3, -0.25) is 14.4 Å². The molecule has 3 aromatic heterocycles. The number of halogens is 2. The Kier molecular flexibility index (Phi) is 9.55. The summed E-state index contributed by atoms with van der Waals surface area (Å²) in [6, 6.07) is 2.98. The zero-order valence-corrected chi connectivity index (χ0v) is 27.5. The van der Waals surface area contributed by atoms with Gasteiger partial charge in [0.1, 0.15) is 23.3 Å². The van der Waals surface area contributed by atoms with Gasteiger partial charge >= 0.3 is 12.2 Å². The van der Waals surface area contributed by atoms with Crippen LogP contribution in [-0.2, 0) is 9.47 Å². The van der Waals surface area contributed by atoms with Gasteiger partial charge in [-0.25, -0.2) is 28.3 Å². The summed E-state index contributed by atoms with van der Waals surface area (Å²) in [7, 11) is 0. The fourth-order valence-corrected chi connectivity index (χ4v) is 5.02.